The summed E-state index contributed by atoms with van der Waals surface area (Å²) >= 11 is 0. The van der Waals surface area contributed by atoms with E-state index in [-0.39, 0.29) is 30.1 Å². The molecule has 0 amide bonds. The molecule has 2 atom stereocenters. The van der Waals surface area contributed by atoms with Gasteiger partial charge in [-0.3, -0.25) is 0 Å². The number of rotatable bonds is 5. The smallest absolute Gasteiger partial charge is 0.216 e. The molecule has 1 saturated heterocycles. The molecule has 1 aliphatic heterocycles. The summed E-state index contributed by atoms with van der Waals surface area (Å²) < 4.78 is 45.2. The molecule has 0 aliphatic carbocycles. The van der Waals surface area contributed by atoms with Gasteiger partial charge in [0.15, 0.2) is 0 Å². The number of halogens is 1. The van der Waals surface area contributed by atoms with Crippen molar-refractivity contribution in [1.82, 2.24) is 4.31 Å². The van der Waals surface area contributed by atoms with Gasteiger partial charge in [0.05, 0.1) is 23.6 Å². The maximum absolute atomic E-state index is 13.5. The van der Waals surface area contributed by atoms with Crippen LogP contribution in [0.1, 0.15) is 19.4 Å². The molecular formula is C15H20FN3O3S. The number of morpholine rings is 1. The molecule has 1 N–H and O–H groups in total. The van der Waals surface area contributed by atoms with Gasteiger partial charge in [-0.2, -0.15) is 9.57 Å². The second-order valence-corrected chi connectivity index (χ2v) is 7.68. The largest absolute Gasteiger partial charge is 0.383 e. The monoisotopic (exact) mass is 341 g/mol. The number of nitriles is 1. The third kappa shape index (κ3) is 4.41. The van der Waals surface area contributed by atoms with E-state index in [0.717, 1.165) is 0 Å². The average Bonchev–Trinajstić information content (AvgIpc) is 2.46. The summed E-state index contributed by atoms with van der Waals surface area (Å²) in [6.07, 6.45) is -0.287. The maximum atomic E-state index is 13.5. The topological polar surface area (TPSA) is 82.4 Å². The predicted octanol–water partition coefficient (Wildman–Crippen LogP) is 1.55. The van der Waals surface area contributed by atoms with Crippen molar-refractivity contribution < 1.29 is 17.5 Å². The Labute approximate surface area is 135 Å². The first-order valence-corrected chi connectivity index (χ1v) is 9.00. The molecule has 0 saturated carbocycles. The molecule has 0 bridgehead atoms. The third-order valence-electron chi connectivity index (χ3n) is 3.58. The standard InChI is InChI=1S/C15H20FN3O3S/c1-11-9-19(10-12(2)22-11)23(20,21)7-6-18-15-5-3-4-14(16)13(15)8-17/h3-5,11-12,18H,6-7,9-10H2,1-2H3/t11-,12-/m1/s1. The lowest BCUT2D eigenvalue weighted by atomic mass is 10.2. The molecule has 8 heteroatoms. The lowest BCUT2D eigenvalue weighted by molar-refractivity contribution is -0.0440. The van der Waals surface area contributed by atoms with Crippen LogP contribution in [0, 0.1) is 17.1 Å². The van der Waals surface area contributed by atoms with Crippen LogP contribution in [0.5, 0.6) is 0 Å². The van der Waals surface area contributed by atoms with Crippen LogP contribution in [0.15, 0.2) is 18.2 Å². The summed E-state index contributed by atoms with van der Waals surface area (Å²) in [4.78, 5) is 0. The Kier molecular flexibility index (Phi) is 5.57. The fourth-order valence-corrected chi connectivity index (χ4v) is 4.08. The van der Waals surface area contributed by atoms with E-state index in [9.17, 15) is 12.8 Å². The summed E-state index contributed by atoms with van der Waals surface area (Å²) in [5.41, 5.74) is 0.185. The molecule has 1 aliphatic rings. The number of nitrogens with zero attached hydrogens (tertiary/aromatic N) is 2. The SMILES string of the molecule is C[C@@H]1CN(S(=O)(=O)CCNc2cccc(F)c2C#N)C[C@@H](C)O1. The van der Waals surface area contributed by atoms with Crippen LogP contribution in [0.2, 0.25) is 0 Å². The van der Waals surface area contributed by atoms with Crippen LogP contribution in [-0.2, 0) is 14.8 Å². The van der Waals surface area contributed by atoms with E-state index in [0.29, 0.717) is 18.8 Å². The number of sulfonamides is 1. The van der Waals surface area contributed by atoms with E-state index in [1.807, 2.05) is 13.8 Å². The minimum absolute atomic E-state index is 0.0978. The van der Waals surface area contributed by atoms with Gasteiger partial charge in [-0.15, -0.1) is 0 Å². The van der Waals surface area contributed by atoms with Gasteiger partial charge >= 0.3 is 0 Å². The van der Waals surface area contributed by atoms with Gasteiger partial charge in [0, 0.05) is 19.6 Å². The van der Waals surface area contributed by atoms with Crippen molar-refractivity contribution in [3.63, 3.8) is 0 Å². The Balaban J connectivity index is 1.98. The van der Waals surface area contributed by atoms with E-state index < -0.39 is 15.8 Å². The van der Waals surface area contributed by atoms with Crippen LogP contribution >= 0.6 is 0 Å². The van der Waals surface area contributed by atoms with Gasteiger partial charge in [-0.1, -0.05) is 6.07 Å². The lowest BCUT2D eigenvalue weighted by Gasteiger charge is -2.34. The van der Waals surface area contributed by atoms with Gasteiger partial charge in [-0.05, 0) is 26.0 Å². The normalized spacial score (nSPS) is 22.5. The first-order chi connectivity index (χ1) is 10.8. The molecule has 126 valence electrons. The Bertz CT molecular complexity index is 692. The zero-order chi connectivity index (χ0) is 17.0. The number of hydrogen-bond acceptors (Lipinski definition) is 5. The van der Waals surface area contributed by atoms with E-state index in [1.165, 1.54) is 16.4 Å². The number of anilines is 1. The highest BCUT2D eigenvalue weighted by Crippen LogP contribution is 2.18. The molecule has 1 heterocycles. The fraction of sp³-hybridized carbons (Fsp3) is 0.533. The van der Waals surface area contributed by atoms with Crippen LogP contribution in [0.3, 0.4) is 0 Å². The number of hydrogen-bond donors (Lipinski definition) is 1. The minimum atomic E-state index is -3.43. The number of nitrogens with one attached hydrogen (secondary N) is 1. The molecule has 6 nitrogen and oxygen atoms in total. The van der Waals surface area contributed by atoms with E-state index in [4.69, 9.17) is 10.00 Å². The Morgan fingerprint density at radius 1 is 1.39 bits per heavy atom. The fourth-order valence-electron chi connectivity index (χ4n) is 2.59. The zero-order valence-electron chi connectivity index (χ0n) is 13.1. The summed E-state index contributed by atoms with van der Waals surface area (Å²) in [5, 5.41) is 11.8. The second-order valence-electron chi connectivity index (χ2n) is 5.59. The Morgan fingerprint density at radius 2 is 2.04 bits per heavy atom. The number of benzene rings is 1. The lowest BCUT2D eigenvalue weighted by Crippen LogP contribution is -2.49. The van der Waals surface area contributed by atoms with E-state index in [1.54, 1.807) is 12.1 Å². The minimum Gasteiger partial charge on any atom is -0.383 e. The van der Waals surface area contributed by atoms with Gasteiger partial charge in [0.1, 0.15) is 17.4 Å². The van der Waals surface area contributed by atoms with Crippen molar-refractivity contribution in [2.75, 3.05) is 30.7 Å². The first kappa shape index (κ1) is 17.7. The quantitative estimate of drug-likeness (QED) is 0.879. The van der Waals surface area contributed by atoms with Crippen molar-refractivity contribution >= 4 is 15.7 Å². The summed E-state index contributed by atoms with van der Waals surface area (Å²) in [6.45, 7) is 4.43. The predicted molar refractivity (Wildman–Crippen MR) is 85.0 cm³/mol. The molecule has 1 aromatic rings. The zero-order valence-corrected chi connectivity index (χ0v) is 13.9. The highest BCUT2D eigenvalue weighted by atomic mass is 32.2. The van der Waals surface area contributed by atoms with Gasteiger partial charge in [0.2, 0.25) is 10.0 Å². The van der Waals surface area contributed by atoms with E-state index >= 15 is 0 Å². The summed E-state index contributed by atoms with van der Waals surface area (Å²) in [5.74, 6) is -0.760. The molecule has 0 aromatic heterocycles. The molecule has 2 rings (SSSR count). The molecular weight excluding hydrogens is 321 g/mol. The molecule has 0 unspecified atom stereocenters. The van der Waals surface area contributed by atoms with Gasteiger partial charge < -0.3 is 10.1 Å². The van der Waals surface area contributed by atoms with Gasteiger partial charge in [0.25, 0.3) is 0 Å². The molecule has 0 spiro atoms. The van der Waals surface area contributed by atoms with Crippen LogP contribution < -0.4 is 5.32 Å². The van der Waals surface area contributed by atoms with Crippen molar-refractivity contribution in [2.24, 2.45) is 0 Å². The van der Waals surface area contributed by atoms with Crippen molar-refractivity contribution in [3.05, 3.63) is 29.6 Å². The second kappa shape index (κ2) is 7.25. The summed E-state index contributed by atoms with van der Waals surface area (Å²) in [7, 11) is -3.43. The first-order valence-electron chi connectivity index (χ1n) is 7.39. The van der Waals surface area contributed by atoms with Crippen LogP contribution in [0.4, 0.5) is 10.1 Å². The van der Waals surface area contributed by atoms with Gasteiger partial charge in [-0.25, -0.2) is 12.8 Å². The van der Waals surface area contributed by atoms with Crippen molar-refractivity contribution in [1.29, 1.82) is 5.26 Å². The molecule has 1 fully saturated rings. The Morgan fingerprint density at radius 3 is 2.65 bits per heavy atom. The average molecular weight is 341 g/mol. The van der Waals surface area contributed by atoms with Crippen LogP contribution in [0.25, 0.3) is 0 Å². The summed E-state index contributed by atoms with van der Waals surface area (Å²) in [6, 6.07) is 5.98. The Hall–Kier alpha value is -1.69. The molecule has 0 radical (unpaired) electrons. The highest BCUT2D eigenvalue weighted by molar-refractivity contribution is 7.89. The third-order valence-corrected chi connectivity index (χ3v) is 5.39. The van der Waals surface area contributed by atoms with Crippen molar-refractivity contribution in [2.45, 2.75) is 26.1 Å². The molecule has 23 heavy (non-hydrogen) atoms. The van der Waals surface area contributed by atoms with E-state index in [2.05, 4.69) is 5.32 Å². The maximum Gasteiger partial charge on any atom is 0.216 e. The highest BCUT2D eigenvalue weighted by Gasteiger charge is 2.30. The van der Waals surface area contributed by atoms with Crippen LogP contribution in [-0.4, -0.2) is 50.3 Å². The van der Waals surface area contributed by atoms with Crippen molar-refractivity contribution in [3.8, 4) is 6.07 Å². The molecule has 1 aromatic carbocycles. The number of ether oxygens (including phenoxy) is 1.